The number of nitrogens with zero attached hydrogens (tertiary/aromatic N) is 4. The van der Waals surface area contributed by atoms with Crippen molar-refractivity contribution in [2.75, 3.05) is 13.7 Å². The number of aromatic nitrogens is 4. The maximum Gasteiger partial charge on any atom is 0.358 e. The minimum Gasteiger partial charge on any atom is -0.464 e. The fraction of sp³-hybridized carbons (Fsp3) is 0.533. The normalized spacial score (nSPS) is 17.9. The molecule has 4 rings (SSSR count). The lowest BCUT2D eigenvalue weighted by atomic mass is 9.93. The minimum absolute atomic E-state index is 0.346. The molecule has 1 aliphatic heterocycles. The van der Waals surface area contributed by atoms with E-state index in [0.29, 0.717) is 31.5 Å². The molecule has 22 heavy (non-hydrogen) atoms. The van der Waals surface area contributed by atoms with Gasteiger partial charge in [-0.3, -0.25) is 4.68 Å². The van der Waals surface area contributed by atoms with Crippen molar-refractivity contribution in [1.82, 2.24) is 19.3 Å². The predicted molar refractivity (Wildman–Crippen MR) is 77.3 cm³/mol. The molecule has 0 amide bonds. The van der Waals surface area contributed by atoms with Crippen molar-refractivity contribution in [3.63, 3.8) is 0 Å². The first kappa shape index (κ1) is 13.5. The van der Waals surface area contributed by atoms with Crippen LogP contribution in [0.1, 0.15) is 41.5 Å². The summed E-state index contributed by atoms with van der Waals surface area (Å²) in [4.78, 5) is 16.5. The van der Waals surface area contributed by atoms with E-state index in [1.807, 2.05) is 10.7 Å². The van der Waals surface area contributed by atoms with Crippen molar-refractivity contribution in [3.05, 3.63) is 23.7 Å². The number of esters is 1. The second kappa shape index (κ2) is 5.24. The lowest BCUT2D eigenvalue weighted by Crippen LogP contribution is -2.21. The lowest BCUT2D eigenvalue weighted by molar-refractivity contribution is 0.0570. The number of imidazole rings is 1. The number of carbonyl (C=O) groups is 1. The summed E-state index contributed by atoms with van der Waals surface area (Å²) in [5.41, 5.74) is 2.09. The highest BCUT2D eigenvalue weighted by molar-refractivity contribution is 5.89. The van der Waals surface area contributed by atoms with Crippen molar-refractivity contribution in [2.24, 2.45) is 0 Å². The fourth-order valence-corrected chi connectivity index (χ4v) is 3.07. The zero-order chi connectivity index (χ0) is 15.1. The summed E-state index contributed by atoms with van der Waals surface area (Å²) < 4.78 is 14.4. The monoisotopic (exact) mass is 302 g/mol. The van der Waals surface area contributed by atoms with Crippen LogP contribution in [0.25, 0.3) is 11.5 Å². The Morgan fingerprint density at radius 1 is 1.45 bits per heavy atom. The van der Waals surface area contributed by atoms with Gasteiger partial charge in [0.1, 0.15) is 5.69 Å². The highest BCUT2D eigenvalue weighted by Crippen LogP contribution is 2.35. The third-order valence-corrected chi connectivity index (χ3v) is 4.47. The summed E-state index contributed by atoms with van der Waals surface area (Å²) in [5.74, 6) is 0.360. The Balaban J connectivity index is 1.83. The average molecular weight is 302 g/mol. The van der Waals surface area contributed by atoms with Gasteiger partial charge in [-0.25, -0.2) is 9.78 Å². The summed E-state index contributed by atoms with van der Waals surface area (Å²) >= 11 is 0. The number of hydrogen-bond acceptors (Lipinski definition) is 5. The van der Waals surface area contributed by atoms with Crippen LogP contribution in [-0.4, -0.2) is 39.0 Å². The molecule has 0 spiro atoms. The Hall–Kier alpha value is -2.15. The van der Waals surface area contributed by atoms with Crippen molar-refractivity contribution in [3.8, 4) is 11.5 Å². The van der Waals surface area contributed by atoms with Crippen LogP contribution in [0.2, 0.25) is 0 Å². The number of rotatable bonds is 3. The predicted octanol–water partition coefficient (Wildman–Crippen LogP) is 1.79. The Labute approximate surface area is 127 Å². The largest absolute Gasteiger partial charge is 0.464 e. The van der Waals surface area contributed by atoms with Gasteiger partial charge in [0, 0.05) is 12.7 Å². The molecular formula is C15H18N4O3. The second-order valence-corrected chi connectivity index (χ2v) is 5.67. The molecular weight excluding hydrogens is 284 g/mol. The van der Waals surface area contributed by atoms with Crippen LogP contribution in [0, 0.1) is 0 Å². The molecule has 0 aromatic carbocycles. The second-order valence-electron chi connectivity index (χ2n) is 5.67. The van der Waals surface area contributed by atoms with E-state index in [4.69, 9.17) is 9.47 Å². The molecule has 1 aliphatic carbocycles. The summed E-state index contributed by atoms with van der Waals surface area (Å²) in [6.07, 6.45) is 5.34. The molecule has 0 unspecified atom stereocenters. The third kappa shape index (κ3) is 1.96. The van der Waals surface area contributed by atoms with E-state index in [2.05, 4.69) is 14.6 Å². The van der Waals surface area contributed by atoms with Crippen LogP contribution < -0.4 is 0 Å². The molecule has 2 aromatic rings. The fourth-order valence-electron chi connectivity index (χ4n) is 3.07. The summed E-state index contributed by atoms with van der Waals surface area (Å²) in [6.45, 7) is 1.69. The first-order chi connectivity index (χ1) is 10.8. The number of ether oxygens (including phenoxy) is 2. The van der Waals surface area contributed by atoms with E-state index in [9.17, 15) is 4.79 Å². The molecule has 1 saturated carbocycles. The highest BCUT2D eigenvalue weighted by Gasteiger charge is 2.29. The Kier molecular flexibility index (Phi) is 3.22. The highest BCUT2D eigenvalue weighted by atomic mass is 16.5. The minimum atomic E-state index is -0.421. The van der Waals surface area contributed by atoms with Crippen molar-refractivity contribution < 1.29 is 14.3 Å². The Morgan fingerprint density at radius 2 is 2.32 bits per heavy atom. The molecule has 2 aromatic heterocycles. The van der Waals surface area contributed by atoms with E-state index in [-0.39, 0.29) is 0 Å². The maximum absolute atomic E-state index is 12.0. The maximum atomic E-state index is 12.0. The standard InChI is InChI=1S/C15H18N4O3/c1-21-15(20)13-12-9-22-8-7-18(12)14(17-13)11-5-6-16-19(11)10-3-2-4-10/h5-6,10H,2-4,7-9H2,1H3. The first-order valence-electron chi connectivity index (χ1n) is 7.59. The SMILES string of the molecule is COC(=O)c1nc(-c2ccnn2C2CCC2)n2c1COCC2. The van der Waals surface area contributed by atoms with Gasteiger partial charge in [-0.15, -0.1) is 0 Å². The first-order valence-corrected chi connectivity index (χ1v) is 7.59. The van der Waals surface area contributed by atoms with Gasteiger partial charge in [0.25, 0.3) is 0 Å². The molecule has 3 heterocycles. The van der Waals surface area contributed by atoms with Gasteiger partial charge in [0.15, 0.2) is 11.5 Å². The number of hydrogen-bond donors (Lipinski definition) is 0. The lowest BCUT2D eigenvalue weighted by Gasteiger charge is -2.27. The summed E-state index contributed by atoms with van der Waals surface area (Å²) in [5, 5.41) is 4.45. The van der Waals surface area contributed by atoms with Crippen molar-refractivity contribution >= 4 is 5.97 Å². The number of fused-ring (bicyclic) bond motifs is 1. The summed E-state index contributed by atoms with van der Waals surface area (Å²) in [6, 6.07) is 2.41. The van der Waals surface area contributed by atoms with Gasteiger partial charge < -0.3 is 14.0 Å². The molecule has 2 aliphatic rings. The number of methoxy groups -OCH3 is 1. The quantitative estimate of drug-likeness (QED) is 0.808. The molecule has 7 nitrogen and oxygen atoms in total. The average Bonchev–Trinajstić information content (AvgIpc) is 3.09. The van der Waals surface area contributed by atoms with Crippen LogP contribution in [0.3, 0.4) is 0 Å². The van der Waals surface area contributed by atoms with E-state index in [0.717, 1.165) is 30.1 Å². The Bertz CT molecular complexity index is 714. The third-order valence-electron chi connectivity index (χ3n) is 4.47. The van der Waals surface area contributed by atoms with E-state index in [1.165, 1.54) is 13.5 Å². The van der Waals surface area contributed by atoms with Gasteiger partial charge in [-0.1, -0.05) is 0 Å². The van der Waals surface area contributed by atoms with Gasteiger partial charge in [-0.2, -0.15) is 5.10 Å². The molecule has 0 N–H and O–H groups in total. The van der Waals surface area contributed by atoms with E-state index in [1.54, 1.807) is 6.20 Å². The van der Waals surface area contributed by atoms with Crippen molar-refractivity contribution in [1.29, 1.82) is 0 Å². The molecule has 1 fully saturated rings. The molecule has 116 valence electrons. The van der Waals surface area contributed by atoms with Gasteiger partial charge >= 0.3 is 5.97 Å². The van der Waals surface area contributed by atoms with Crippen LogP contribution in [0.5, 0.6) is 0 Å². The van der Waals surface area contributed by atoms with Crippen LogP contribution in [-0.2, 0) is 22.6 Å². The van der Waals surface area contributed by atoms with Crippen LogP contribution in [0.4, 0.5) is 0 Å². The summed E-state index contributed by atoms with van der Waals surface area (Å²) in [7, 11) is 1.37. The topological polar surface area (TPSA) is 71.2 Å². The van der Waals surface area contributed by atoms with E-state index >= 15 is 0 Å². The molecule has 7 heteroatoms. The van der Waals surface area contributed by atoms with Gasteiger partial charge in [0.2, 0.25) is 0 Å². The Morgan fingerprint density at radius 3 is 3.05 bits per heavy atom. The van der Waals surface area contributed by atoms with E-state index < -0.39 is 5.97 Å². The van der Waals surface area contributed by atoms with Gasteiger partial charge in [-0.05, 0) is 25.3 Å². The zero-order valence-corrected chi connectivity index (χ0v) is 12.5. The number of carbonyl (C=O) groups excluding carboxylic acids is 1. The smallest absolute Gasteiger partial charge is 0.358 e. The molecule has 0 radical (unpaired) electrons. The van der Waals surface area contributed by atoms with Crippen LogP contribution in [0.15, 0.2) is 12.3 Å². The van der Waals surface area contributed by atoms with Gasteiger partial charge in [0.05, 0.1) is 32.1 Å². The molecule has 0 bridgehead atoms. The zero-order valence-electron chi connectivity index (χ0n) is 12.5. The molecule has 0 saturated heterocycles. The molecule has 0 atom stereocenters. The van der Waals surface area contributed by atoms with Crippen molar-refractivity contribution in [2.45, 2.75) is 38.5 Å². The van der Waals surface area contributed by atoms with Crippen LogP contribution >= 0.6 is 0 Å².